The molecule has 20 heavy (non-hydrogen) atoms. The topological polar surface area (TPSA) is 30.5 Å². The average Bonchev–Trinajstić information content (AvgIpc) is 2.44. The van der Waals surface area contributed by atoms with Crippen molar-refractivity contribution in [1.82, 2.24) is 5.32 Å². The van der Waals surface area contributed by atoms with Gasteiger partial charge in [0, 0.05) is 23.5 Å². The van der Waals surface area contributed by atoms with Crippen molar-refractivity contribution in [3.05, 3.63) is 28.7 Å². The summed E-state index contributed by atoms with van der Waals surface area (Å²) in [6.07, 6.45) is 3.55. The van der Waals surface area contributed by atoms with Gasteiger partial charge in [-0.05, 0) is 43.7 Å². The van der Waals surface area contributed by atoms with Crippen molar-refractivity contribution < 1.29 is 9.47 Å². The van der Waals surface area contributed by atoms with E-state index in [4.69, 9.17) is 9.47 Å². The van der Waals surface area contributed by atoms with E-state index in [-0.39, 0.29) is 12.2 Å². The van der Waals surface area contributed by atoms with E-state index in [2.05, 4.69) is 35.1 Å². The Kier molecular flexibility index (Phi) is 6.33. The Morgan fingerprint density at radius 1 is 1.20 bits per heavy atom. The van der Waals surface area contributed by atoms with Crippen LogP contribution in [0.3, 0.4) is 0 Å². The highest BCUT2D eigenvalue weighted by molar-refractivity contribution is 9.10. The Balaban J connectivity index is 1.88. The zero-order valence-corrected chi connectivity index (χ0v) is 13.9. The van der Waals surface area contributed by atoms with Crippen LogP contribution in [0.5, 0.6) is 5.75 Å². The van der Waals surface area contributed by atoms with Gasteiger partial charge in [-0.2, -0.15) is 0 Å². The van der Waals surface area contributed by atoms with Crippen LogP contribution in [0.1, 0.15) is 33.1 Å². The average molecular weight is 342 g/mol. The molecule has 0 amide bonds. The van der Waals surface area contributed by atoms with E-state index in [1.807, 2.05) is 24.3 Å². The highest BCUT2D eigenvalue weighted by Crippen LogP contribution is 2.30. The molecule has 1 N–H and O–H groups in total. The van der Waals surface area contributed by atoms with E-state index in [1.165, 1.54) is 0 Å². The third-order valence-corrected chi connectivity index (χ3v) is 4.05. The molecule has 0 radical (unpaired) electrons. The van der Waals surface area contributed by atoms with Gasteiger partial charge < -0.3 is 14.8 Å². The number of ether oxygens (including phenoxy) is 2. The minimum Gasteiger partial charge on any atom is -0.488 e. The molecule has 0 bridgehead atoms. The van der Waals surface area contributed by atoms with Gasteiger partial charge >= 0.3 is 0 Å². The molecule has 1 aromatic carbocycles. The van der Waals surface area contributed by atoms with Crippen molar-refractivity contribution in [2.24, 2.45) is 0 Å². The van der Waals surface area contributed by atoms with Gasteiger partial charge in [-0.3, -0.25) is 0 Å². The Labute approximate surface area is 130 Å². The van der Waals surface area contributed by atoms with Crippen molar-refractivity contribution in [2.45, 2.75) is 51.4 Å². The lowest BCUT2D eigenvalue weighted by atomic mass is 9.85. The van der Waals surface area contributed by atoms with Crippen LogP contribution in [-0.4, -0.2) is 31.4 Å². The summed E-state index contributed by atoms with van der Waals surface area (Å²) in [6, 6.07) is 8.43. The van der Waals surface area contributed by atoms with Crippen molar-refractivity contribution in [3.8, 4) is 5.75 Å². The van der Waals surface area contributed by atoms with Crippen LogP contribution in [0.15, 0.2) is 28.7 Å². The predicted molar refractivity (Wildman–Crippen MR) is 85.3 cm³/mol. The first-order chi connectivity index (χ1) is 9.74. The summed E-state index contributed by atoms with van der Waals surface area (Å²) in [5.41, 5.74) is 0. The Morgan fingerprint density at radius 3 is 2.60 bits per heavy atom. The first kappa shape index (κ1) is 15.8. The van der Waals surface area contributed by atoms with E-state index >= 15 is 0 Å². The maximum atomic E-state index is 6.04. The molecule has 4 heteroatoms. The summed E-state index contributed by atoms with van der Waals surface area (Å²) in [7, 11) is 0. The third-order valence-electron chi connectivity index (χ3n) is 3.52. The molecule has 1 aromatic rings. The van der Waals surface area contributed by atoms with Crippen LogP contribution < -0.4 is 10.1 Å². The number of halogens is 1. The van der Waals surface area contributed by atoms with E-state index in [1.54, 1.807) is 0 Å². The van der Waals surface area contributed by atoms with Gasteiger partial charge in [0.1, 0.15) is 18.0 Å². The number of nitrogens with one attached hydrogen (secondary N) is 1. The van der Waals surface area contributed by atoms with E-state index in [0.717, 1.165) is 42.6 Å². The van der Waals surface area contributed by atoms with Gasteiger partial charge in [-0.25, -0.2) is 0 Å². The maximum absolute atomic E-state index is 6.04. The minimum absolute atomic E-state index is 0.164. The summed E-state index contributed by atoms with van der Waals surface area (Å²) in [4.78, 5) is 0. The van der Waals surface area contributed by atoms with Crippen molar-refractivity contribution in [1.29, 1.82) is 0 Å². The predicted octanol–water partition coefficient (Wildman–Crippen LogP) is 3.76. The molecular formula is C16H24BrNO2. The molecule has 112 valence electrons. The molecule has 0 spiro atoms. The Hall–Kier alpha value is -0.580. The molecule has 3 unspecified atom stereocenters. The number of benzene rings is 1. The molecular weight excluding hydrogens is 318 g/mol. The highest BCUT2D eigenvalue weighted by atomic mass is 79.9. The fourth-order valence-electron chi connectivity index (χ4n) is 2.39. The molecule has 0 heterocycles. The third kappa shape index (κ3) is 4.21. The molecule has 3 atom stereocenters. The van der Waals surface area contributed by atoms with Crippen LogP contribution in [0.25, 0.3) is 0 Å². The zero-order valence-electron chi connectivity index (χ0n) is 12.3. The molecule has 0 aliphatic heterocycles. The fourth-order valence-corrected chi connectivity index (χ4v) is 2.66. The van der Waals surface area contributed by atoms with Gasteiger partial charge in [0.2, 0.25) is 0 Å². The number of rotatable bonds is 8. The minimum atomic E-state index is 0.164. The van der Waals surface area contributed by atoms with Crippen molar-refractivity contribution >= 4 is 15.9 Å². The first-order valence-electron chi connectivity index (χ1n) is 7.51. The summed E-state index contributed by atoms with van der Waals surface area (Å²) >= 11 is 3.44. The molecule has 0 saturated heterocycles. The van der Waals surface area contributed by atoms with Crippen LogP contribution in [0, 0.1) is 0 Å². The quantitative estimate of drug-likeness (QED) is 0.780. The molecule has 3 nitrogen and oxygen atoms in total. The molecule has 1 saturated carbocycles. The SMILES string of the molecule is CCCNC1CC(Oc2ccc(Br)cc2)C1OCCC. The molecule has 0 aromatic heterocycles. The Morgan fingerprint density at radius 2 is 1.95 bits per heavy atom. The van der Waals surface area contributed by atoms with Crippen LogP contribution in [0.4, 0.5) is 0 Å². The Bertz CT molecular complexity index is 396. The highest BCUT2D eigenvalue weighted by Gasteiger charge is 2.43. The lowest BCUT2D eigenvalue weighted by molar-refractivity contribution is -0.107. The number of hydrogen-bond acceptors (Lipinski definition) is 3. The van der Waals surface area contributed by atoms with E-state index in [0.29, 0.717) is 6.04 Å². The second-order valence-electron chi connectivity index (χ2n) is 5.24. The van der Waals surface area contributed by atoms with Gasteiger partial charge in [0.15, 0.2) is 0 Å². The second kappa shape index (κ2) is 8.01. The maximum Gasteiger partial charge on any atom is 0.128 e. The standard InChI is InChI=1S/C16H24BrNO2/c1-3-9-18-14-11-15(16(14)19-10-4-2)20-13-7-5-12(17)6-8-13/h5-8,14-16,18H,3-4,9-11H2,1-2H3. The lowest BCUT2D eigenvalue weighted by Crippen LogP contribution is -2.61. The van der Waals surface area contributed by atoms with Crippen LogP contribution in [-0.2, 0) is 4.74 Å². The molecule has 1 aliphatic carbocycles. The molecule has 1 fully saturated rings. The largest absolute Gasteiger partial charge is 0.488 e. The van der Waals surface area contributed by atoms with Gasteiger partial charge in [-0.15, -0.1) is 0 Å². The van der Waals surface area contributed by atoms with Crippen LogP contribution in [0.2, 0.25) is 0 Å². The summed E-state index contributed by atoms with van der Waals surface area (Å²) in [6.45, 7) is 6.16. The lowest BCUT2D eigenvalue weighted by Gasteiger charge is -2.44. The fraction of sp³-hybridized carbons (Fsp3) is 0.625. The molecule has 1 aliphatic rings. The zero-order chi connectivity index (χ0) is 14.4. The summed E-state index contributed by atoms with van der Waals surface area (Å²) in [5, 5.41) is 3.54. The smallest absolute Gasteiger partial charge is 0.128 e. The van der Waals surface area contributed by atoms with E-state index < -0.39 is 0 Å². The summed E-state index contributed by atoms with van der Waals surface area (Å²) in [5.74, 6) is 0.914. The second-order valence-corrected chi connectivity index (χ2v) is 6.16. The normalized spacial score (nSPS) is 25.2. The monoisotopic (exact) mass is 341 g/mol. The molecule has 2 rings (SSSR count). The summed E-state index contributed by atoms with van der Waals surface area (Å²) < 4.78 is 13.1. The van der Waals surface area contributed by atoms with Gasteiger partial charge in [0.25, 0.3) is 0 Å². The van der Waals surface area contributed by atoms with Gasteiger partial charge in [0.05, 0.1) is 0 Å². The van der Waals surface area contributed by atoms with Crippen molar-refractivity contribution in [3.63, 3.8) is 0 Å². The van der Waals surface area contributed by atoms with Crippen molar-refractivity contribution in [2.75, 3.05) is 13.2 Å². The van der Waals surface area contributed by atoms with Gasteiger partial charge in [-0.1, -0.05) is 29.8 Å². The first-order valence-corrected chi connectivity index (χ1v) is 8.31. The van der Waals surface area contributed by atoms with E-state index in [9.17, 15) is 0 Å². The number of hydrogen-bond donors (Lipinski definition) is 1. The van der Waals surface area contributed by atoms with Crippen LogP contribution >= 0.6 is 15.9 Å².